The van der Waals surface area contributed by atoms with E-state index in [9.17, 15) is 0 Å². The van der Waals surface area contributed by atoms with Crippen LogP contribution in [0.4, 0.5) is 5.95 Å². The fourth-order valence-electron chi connectivity index (χ4n) is 3.53. The number of anilines is 1. The van der Waals surface area contributed by atoms with Gasteiger partial charge in [-0.15, -0.1) is 0 Å². The summed E-state index contributed by atoms with van der Waals surface area (Å²) in [6.45, 7) is 7.94. The number of hydrogen-bond acceptors (Lipinski definition) is 4. The lowest BCUT2D eigenvalue weighted by molar-refractivity contribution is -0.00569. The number of rotatable bonds is 2. The molecule has 0 aliphatic carbocycles. The van der Waals surface area contributed by atoms with Crippen molar-refractivity contribution in [2.75, 3.05) is 18.0 Å². The Morgan fingerprint density at radius 1 is 0.960 bits per heavy atom. The zero-order valence-corrected chi connectivity index (χ0v) is 14.9. The summed E-state index contributed by atoms with van der Waals surface area (Å²) < 4.78 is 5.86. The Balaban J connectivity index is 1.88. The Bertz CT molecular complexity index is 884. The molecule has 0 bridgehead atoms. The van der Waals surface area contributed by atoms with Gasteiger partial charge in [0.2, 0.25) is 5.95 Å². The van der Waals surface area contributed by atoms with E-state index in [1.165, 1.54) is 5.56 Å². The van der Waals surface area contributed by atoms with Gasteiger partial charge in [0.1, 0.15) is 0 Å². The summed E-state index contributed by atoms with van der Waals surface area (Å²) in [6, 6.07) is 16.7. The second kappa shape index (κ2) is 6.45. The third kappa shape index (κ3) is 3.22. The summed E-state index contributed by atoms with van der Waals surface area (Å²) in [5.74, 6) is 0.789. The quantitative estimate of drug-likeness (QED) is 0.704. The maximum absolute atomic E-state index is 5.86. The number of aryl methyl sites for hydroxylation is 1. The minimum absolute atomic E-state index is 0.182. The highest BCUT2D eigenvalue weighted by atomic mass is 16.5. The molecule has 3 aromatic rings. The summed E-state index contributed by atoms with van der Waals surface area (Å²) in [5.41, 5.74) is 4.32. The van der Waals surface area contributed by atoms with Crippen LogP contribution in [0.1, 0.15) is 19.4 Å². The minimum atomic E-state index is 0.182. The molecule has 4 rings (SSSR count). The number of fused-ring (bicyclic) bond motifs is 1. The molecule has 0 radical (unpaired) electrons. The first-order valence-corrected chi connectivity index (χ1v) is 8.84. The molecule has 2 atom stereocenters. The van der Waals surface area contributed by atoms with Crippen LogP contribution in [-0.4, -0.2) is 35.3 Å². The summed E-state index contributed by atoms with van der Waals surface area (Å²) >= 11 is 0. The van der Waals surface area contributed by atoms with E-state index in [4.69, 9.17) is 14.7 Å². The van der Waals surface area contributed by atoms with Gasteiger partial charge in [0.05, 0.1) is 23.4 Å². The average molecular weight is 333 g/mol. The van der Waals surface area contributed by atoms with Crippen LogP contribution >= 0.6 is 0 Å². The van der Waals surface area contributed by atoms with Crippen molar-refractivity contribution >= 4 is 16.9 Å². The minimum Gasteiger partial charge on any atom is -0.372 e. The van der Waals surface area contributed by atoms with Crippen LogP contribution in [0.3, 0.4) is 0 Å². The number of ether oxygens (including phenoxy) is 1. The molecule has 1 aliphatic heterocycles. The first kappa shape index (κ1) is 16.0. The molecule has 0 amide bonds. The van der Waals surface area contributed by atoms with Crippen LogP contribution in [0.25, 0.3) is 22.2 Å². The lowest BCUT2D eigenvalue weighted by atomic mass is 10.0. The third-order valence-corrected chi connectivity index (χ3v) is 4.59. The Morgan fingerprint density at radius 3 is 2.40 bits per heavy atom. The Labute approximate surface area is 148 Å². The molecule has 0 unspecified atom stereocenters. The van der Waals surface area contributed by atoms with E-state index in [1.54, 1.807) is 0 Å². The number of nitrogens with zero attached hydrogens (tertiary/aromatic N) is 3. The van der Waals surface area contributed by atoms with Crippen molar-refractivity contribution in [3.05, 3.63) is 54.1 Å². The smallest absolute Gasteiger partial charge is 0.226 e. The van der Waals surface area contributed by atoms with Gasteiger partial charge in [0, 0.05) is 24.0 Å². The van der Waals surface area contributed by atoms with Gasteiger partial charge < -0.3 is 9.64 Å². The van der Waals surface area contributed by atoms with Gasteiger partial charge in [0.25, 0.3) is 0 Å². The molecule has 2 heterocycles. The topological polar surface area (TPSA) is 38.2 Å². The Kier molecular flexibility index (Phi) is 4.14. The first-order valence-electron chi connectivity index (χ1n) is 8.84. The summed E-state index contributed by atoms with van der Waals surface area (Å²) in [4.78, 5) is 12.1. The standard InChI is InChI=1S/C21H23N3O/c1-14-9-10-19-18(11-14)20(17-7-5-4-6-8-17)23-21(22-19)24-12-15(2)25-16(3)13-24/h4-11,15-16H,12-13H2,1-3H3/t15-,16-/m0/s1. The zero-order valence-electron chi connectivity index (χ0n) is 14.9. The fraction of sp³-hybridized carbons (Fsp3) is 0.333. The molecule has 4 nitrogen and oxygen atoms in total. The largest absolute Gasteiger partial charge is 0.372 e. The van der Waals surface area contributed by atoms with Crippen LogP contribution < -0.4 is 4.90 Å². The molecule has 0 N–H and O–H groups in total. The average Bonchev–Trinajstić information content (AvgIpc) is 2.61. The van der Waals surface area contributed by atoms with E-state index in [2.05, 4.69) is 68.1 Å². The molecule has 0 saturated carbocycles. The van der Waals surface area contributed by atoms with Gasteiger partial charge >= 0.3 is 0 Å². The number of benzene rings is 2. The zero-order chi connectivity index (χ0) is 17.4. The predicted octanol–water partition coefficient (Wildman–Crippen LogP) is 4.22. The molecule has 128 valence electrons. The van der Waals surface area contributed by atoms with Crippen molar-refractivity contribution in [2.45, 2.75) is 33.0 Å². The van der Waals surface area contributed by atoms with Gasteiger partial charge in [0.15, 0.2) is 0 Å². The Hall–Kier alpha value is -2.46. The normalized spacial score (nSPS) is 20.8. The van der Waals surface area contributed by atoms with Crippen LogP contribution in [0.15, 0.2) is 48.5 Å². The van der Waals surface area contributed by atoms with Gasteiger partial charge in [-0.2, -0.15) is 0 Å². The van der Waals surface area contributed by atoms with Crippen LogP contribution in [0.2, 0.25) is 0 Å². The lowest BCUT2D eigenvalue weighted by Gasteiger charge is -2.35. The van der Waals surface area contributed by atoms with Crippen molar-refractivity contribution in [2.24, 2.45) is 0 Å². The highest BCUT2D eigenvalue weighted by Gasteiger charge is 2.25. The van der Waals surface area contributed by atoms with E-state index in [1.807, 2.05) is 6.07 Å². The van der Waals surface area contributed by atoms with E-state index < -0.39 is 0 Å². The van der Waals surface area contributed by atoms with Gasteiger partial charge in [-0.1, -0.05) is 42.0 Å². The summed E-state index contributed by atoms with van der Waals surface area (Å²) in [6.07, 6.45) is 0.363. The van der Waals surface area contributed by atoms with Crippen LogP contribution in [-0.2, 0) is 4.74 Å². The summed E-state index contributed by atoms with van der Waals surface area (Å²) in [7, 11) is 0. The molecule has 25 heavy (non-hydrogen) atoms. The molecule has 4 heteroatoms. The van der Waals surface area contributed by atoms with Gasteiger partial charge in [-0.25, -0.2) is 9.97 Å². The second-order valence-electron chi connectivity index (χ2n) is 6.92. The van der Waals surface area contributed by atoms with Gasteiger partial charge in [-0.3, -0.25) is 0 Å². The monoisotopic (exact) mass is 333 g/mol. The molecule has 0 spiro atoms. The number of morpholine rings is 1. The number of hydrogen-bond donors (Lipinski definition) is 0. The molecular weight excluding hydrogens is 310 g/mol. The highest BCUT2D eigenvalue weighted by molar-refractivity contribution is 5.93. The first-order chi connectivity index (χ1) is 12.1. The third-order valence-electron chi connectivity index (χ3n) is 4.59. The lowest BCUT2D eigenvalue weighted by Crippen LogP contribution is -2.46. The molecule has 1 saturated heterocycles. The maximum Gasteiger partial charge on any atom is 0.226 e. The van der Waals surface area contributed by atoms with E-state index in [0.29, 0.717) is 0 Å². The Morgan fingerprint density at radius 2 is 1.68 bits per heavy atom. The van der Waals surface area contributed by atoms with E-state index in [-0.39, 0.29) is 12.2 Å². The maximum atomic E-state index is 5.86. The van der Waals surface area contributed by atoms with E-state index in [0.717, 1.165) is 41.2 Å². The van der Waals surface area contributed by atoms with Crippen molar-refractivity contribution in [1.29, 1.82) is 0 Å². The number of aromatic nitrogens is 2. The molecule has 1 aliphatic rings. The fourth-order valence-corrected chi connectivity index (χ4v) is 3.53. The van der Waals surface area contributed by atoms with Crippen molar-refractivity contribution in [3.8, 4) is 11.3 Å². The highest BCUT2D eigenvalue weighted by Crippen LogP contribution is 2.29. The van der Waals surface area contributed by atoms with Gasteiger partial charge in [-0.05, 0) is 32.9 Å². The molecule has 1 fully saturated rings. The molecule has 2 aromatic carbocycles. The van der Waals surface area contributed by atoms with Crippen LogP contribution in [0.5, 0.6) is 0 Å². The van der Waals surface area contributed by atoms with Crippen LogP contribution in [0, 0.1) is 6.92 Å². The summed E-state index contributed by atoms with van der Waals surface area (Å²) in [5, 5.41) is 1.10. The SMILES string of the molecule is Cc1ccc2nc(N3C[C@H](C)O[C@@H](C)C3)nc(-c3ccccc3)c2c1. The second-order valence-corrected chi connectivity index (χ2v) is 6.92. The predicted molar refractivity (Wildman–Crippen MR) is 102 cm³/mol. The van der Waals surface area contributed by atoms with Crippen molar-refractivity contribution < 1.29 is 4.74 Å². The van der Waals surface area contributed by atoms with E-state index >= 15 is 0 Å². The molecule has 1 aromatic heterocycles. The van der Waals surface area contributed by atoms with Crippen molar-refractivity contribution in [1.82, 2.24) is 9.97 Å². The van der Waals surface area contributed by atoms with Crippen molar-refractivity contribution in [3.63, 3.8) is 0 Å². The molecular formula is C21H23N3O.